The number of aromatic nitrogens is 3. The second kappa shape index (κ2) is 6.31. The number of hydrogen-bond donors (Lipinski definition) is 0. The van der Waals surface area contributed by atoms with Crippen molar-refractivity contribution in [1.29, 1.82) is 0 Å². The molecule has 8 nitrogen and oxygen atoms in total. The Morgan fingerprint density at radius 2 is 1.92 bits per heavy atom. The number of pyridine rings is 1. The minimum Gasteiger partial charge on any atom is -0.476 e. The zero-order valence-corrected chi connectivity index (χ0v) is 15.8. The molecule has 1 aliphatic carbocycles. The highest BCUT2D eigenvalue weighted by atomic mass is 32.2. The SMILES string of the molecule is CC1(C)C(COc2ccn(-c3ccc(C(=O)N=S(=O)=O)cn3)n2)C1(C)C. The summed E-state index contributed by atoms with van der Waals surface area (Å²) in [5.74, 6) is 0.587. The lowest BCUT2D eigenvalue weighted by Crippen LogP contribution is -2.06. The first-order valence-corrected chi connectivity index (χ1v) is 9.16. The molecule has 138 valence electrons. The van der Waals surface area contributed by atoms with Crippen LogP contribution < -0.4 is 4.74 Å². The topological polar surface area (TPSA) is 104 Å². The lowest BCUT2D eigenvalue weighted by Gasteiger charge is -2.04. The molecular formula is C17H20N4O4S. The van der Waals surface area contributed by atoms with Crippen LogP contribution in [0.3, 0.4) is 0 Å². The summed E-state index contributed by atoms with van der Waals surface area (Å²) in [6.45, 7) is 9.55. The molecule has 0 N–H and O–H groups in total. The van der Waals surface area contributed by atoms with Crippen LogP contribution >= 0.6 is 0 Å². The smallest absolute Gasteiger partial charge is 0.319 e. The van der Waals surface area contributed by atoms with Crippen LogP contribution in [-0.2, 0) is 10.5 Å². The number of carbonyl (C=O) groups is 1. The Morgan fingerprint density at radius 3 is 2.46 bits per heavy atom. The van der Waals surface area contributed by atoms with E-state index in [-0.39, 0.29) is 16.4 Å². The third-order valence-electron chi connectivity index (χ3n) is 5.67. The van der Waals surface area contributed by atoms with E-state index < -0.39 is 16.4 Å². The van der Waals surface area contributed by atoms with Crippen LogP contribution in [0.5, 0.6) is 5.88 Å². The molecule has 0 aromatic carbocycles. The van der Waals surface area contributed by atoms with Crippen LogP contribution in [0.2, 0.25) is 0 Å². The summed E-state index contributed by atoms with van der Waals surface area (Å²) >= 11 is 0. The van der Waals surface area contributed by atoms with Gasteiger partial charge in [-0.3, -0.25) is 4.79 Å². The Kier molecular flexibility index (Phi) is 4.43. The molecule has 1 amide bonds. The van der Waals surface area contributed by atoms with Gasteiger partial charge < -0.3 is 4.74 Å². The van der Waals surface area contributed by atoms with Gasteiger partial charge in [0.2, 0.25) is 5.88 Å². The van der Waals surface area contributed by atoms with Crippen LogP contribution in [0, 0.1) is 16.7 Å². The average molecular weight is 376 g/mol. The van der Waals surface area contributed by atoms with Gasteiger partial charge in [0.1, 0.15) is 0 Å². The van der Waals surface area contributed by atoms with Crippen molar-refractivity contribution in [3.8, 4) is 11.7 Å². The van der Waals surface area contributed by atoms with Crippen molar-refractivity contribution < 1.29 is 17.9 Å². The molecule has 1 fully saturated rings. The van der Waals surface area contributed by atoms with Crippen molar-refractivity contribution >= 4 is 16.4 Å². The fraction of sp³-hybridized carbons (Fsp3) is 0.471. The first kappa shape index (κ1) is 18.2. The number of amides is 1. The Balaban J connectivity index is 1.67. The highest BCUT2D eigenvalue weighted by Gasteiger charge is 2.64. The molecule has 0 bridgehead atoms. The summed E-state index contributed by atoms with van der Waals surface area (Å²) in [6.07, 6.45) is 2.96. The van der Waals surface area contributed by atoms with E-state index in [0.29, 0.717) is 24.2 Å². The average Bonchev–Trinajstić information content (AvgIpc) is 2.91. The molecule has 2 heterocycles. The van der Waals surface area contributed by atoms with E-state index in [2.05, 4.69) is 42.1 Å². The van der Waals surface area contributed by atoms with E-state index in [4.69, 9.17) is 4.74 Å². The molecule has 3 rings (SSSR count). The molecule has 26 heavy (non-hydrogen) atoms. The molecule has 0 radical (unpaired) electrons. The molecule has 9 heteroatoms. The predicted octanol–water partition coefficient (Wildman–Crippen LogP) is 2.53. The van der Waals surface area contributed by atoms with Crippen molar-refractivity contribution in [3.63, 3.8) is 0 Å². The lowest BCUT2D eigenvalue weighted by atomic mass is 10.0. The minimum absolute atomic E-state index is 0.0831. The predicted molar refractivity (Wildman–Crippen MR) is 93.6 cm³/mol. The number of ether oxygens (including phenoxy) is 1. The van der Waals surface area contributed by atoms with Crippen molar-refractivity contribution in [2.45, 2.75) is 27.7 Å². The van der Waals surface area contributed by atoms with Gasteiger partial charge in [-0.1, -0.05) is 32.1 Å². The van der Waals surface area contributed by atoms with Crippen LogP contribution in [0.25, 0.3) is 5.82 Å². The monoisotopic (exact) mass is 376 g/mol. The van der Waals surface area contributed by atoms with E-state index >= 15 is 0 Å². The Bertz CT molecular complexity index is 952. The number of hydrogen-bond acceptors (Lipinski definition) is 6. The molecular weight excluding hydrogens is 356 g/mol. The number of nitrogens with zero attached hydrogens (tertiary/aromatic N) is 4. The van der Waals surface area contributed by atoms with Crippen molar-refractivity contribution in [2.24, 2.45) is 21.1 Å². The third-order valence-corrected chi connectivity index (χ3v) is 5.98. The van der Waals surface area contributed by atoms with Gasteiger partial charge in [0, 0.05) is 24.4 Å². The molecule has 0 saturated heterocycles. The second-order valence-corrected chi connectivity index (χ2v) is 8.04. The van der Waals surface area contributed by atoms with E-state index in [1.807, 2.05) is 0 Å². The minimum atomic E-state index is -2.78. The highest BCUT2D eigenvalue weighted by Crippen LogP contribution is 2.68. The second-order valence-electron chi connectivity index (χ2n) is 7.42. The maximum Gasteiger partial charge on any atom is 0.319 e. The molecule has 2 aromatic rings. The van der Waals surface area contributed by atoms with Gasteiger partial charge in [-0.15, -0.1) is 5.10 Å². The first-order valence-electron chi connectivity index (χ1n) is 8.13. The molecule has 1 saturated carbocycles. The van der Waals surface area contributed by atoms with E-state index in [0.717, 1.165) is 0 Å². The lowest BCUT2D eigenvalue weighted by molar-refractivity contribution is 0.100. The summed E-state index contributed by atoms with van der Waals surface area (Å²) in [7, 11) is -2.78. The van der Waals surface area contributed by atoms with Gasteiger partial charge in [-0.05, 0) is 23.0 Å². The molecule has 0 aliphatic heterocycles. The van der Waals surface area contributed by atoms with Crippen LogP contribution in [0.1, 0.15) is 38.1 Å². The van der Waals surface area contributed by atoms with Crippen LogP contribution in [0.4, 0.5) is 0 Å². The molecule has 0 unspecified atom stereocenters. The van der Waals surface area contributed by atoms with E-state index in [1.54, 1.807) is 18.3 Å². The molecule has 0 spiro atoms. The summed E-state index contributed by atoms with van der Waals surface area (Å²) in [6, 6.07) is 4.75. The fourth-order valence-corrected chi connectivity index (χ4v) is 3.44. The van der Waals surface area contributed by atoms with Crippen LogP contribution in [-0.4, -0.2) is 35.7 Å². The number of carbonyl (C=O) groups excluding carboxylic acids is 1. The quantitative estimate of drug-likeness (QED) is 0.794. The standard InChI is InChI=1S/C17H20N4O4S/c1-16(2)12(17(16,3)4)10-25-14-7-8-21(19-14)13-6-5-11(9-18-13)15(22)20-26(23)24/h5-9,12H,10H2,1-4H3. The Labute approximate surface area is 152 Å². The maximum atomic E-state index is 11.5. The van der Waals surface area contributed by atoms with Crippen molar-refractivity contribution in [1.82, 2.24) is 14.8 Å². The van der Waals surface area contributed by atoms with Gasteiger partial charge in [0.15, 0.2) is 5.82 Å². The summed E-state index contributed by atoms with van der Waals surface area (Å²) in [5.41, 5.74) is 0.580. The third kappa shape index (κ3) is 3.26. The highest BCUT2D eigenvalue weighted by molar-refractivity contribution is 7.62. The zero-order chi connectivity index (χ0) is 19.1. The Hall–Kier alpha value is -2.55. The van der Waals surface area contributed by atoms with Gasteiger partial charge in [0.05, 0.1) is 12.2 Å². The van der Waals surface area contributed by atoms with E-state index in [1.165, 1.54) is 16.9 Å². The first-order chi connectivity index (χ1) is 12.1. The number of rotatable bonds is 5. The largest absolute Gasteiger partial charge is 0.476 e. The maximum absolute atomic E-state index is 11.5. The summed E-state index contributed by atoms with van der Waals surface area (Å²) < 4.78 is 31.1. The van der Waals surface area contributed by atoms with E-state index in [9.17, 15) is 13.2 Å². The molecule has 1 aliphatic rings. The fourth-order valence-electron chi connectivity index (χ4n) is 3.20. The normalized spacial score (nSPS) is 17.5. The van der Waals surface area contributed by atoms with Gasteiger partial charge in [0.25, 0.3) is 5.91 Å². The zero-order valence-electron chi connectivity index (χ0n) is 15.0. The van der Waals surface area contributed by atoms with Crippen molar-refractivity contribution in [2.75, 3.05) is 6.61 Å². The molecule has 0 atom stereocenters. The van der Waals surface area contributed by atoms with Crippen molar-refractivity contribution in [3.05, 3.63) is 36.2 Å². The van der Waals surface area contributed by atoms with Gasteiger partial charge in [-0.2, -0.15) is 8.42 Å². The summed E-state index contributed by atoms with van der Waals surface area (Å²) in [4.78, 5) is 15.6. The Morgan fingerprint density at radius 1 is 1.23 bits per heavy atom. The van der Waals surface area contributed by atoms with Gasteiger partial charge >= 0.3 is 10.5 Å². The van der Waals surface area contributed by atoms with Crippen LogP contribution in [0.15, 0.2) is 35.0 Å². The summed E-state index contributed by atoms with van der Waals surface area (Å²) in [5, 5.41) is 4.32. The van der Waals surface area contributed by atoms with Gasteiger partial charge in [-0.25, -0.2) is 9.67 Å². The molecule has 2 aromatic heterocycles.